The molecule has 1 aliphatic rings. The van der Waals surface area contributed by atoms with Gasteiger partial charge in [-0.2, -0.15) is 0 Å². The van der Waals surface area contributed by atoms with Crippen LogP contribution in [0.5, 0.6) is 0 Å². The summed E-state index contributed by atoms with van der Waals surface area (Å²) in [6.45, 7) is 5.51. The lowest BCUT2D eigenvalue weighted by molar-refractivity contribution is -0.148. The predicted molar refractivity (Wildman–Crippen MR) is 71.1 cm³/mol. The highest BCUT2D eigenvalue weighted by Gasteiger charge is 2.16. The van der Waals surface area contributed by atoms with Crippen LogP contribution in [-0.4, -0.2) is 17.4 Å². The number of carbonyl (C=O) groups excluding carboxylic acids is 2. The first kappa shape index (κ1) is 14.7. The van der Waals surface area contributed by atoms with E-state index in [1.54, 1.807) is 6.08 Å². The maximum atomic E-state index is 11.4. The highest BCUT2D eigenvalue weighted by Crippen LogP contribution is 2.22. The molecule has 100 valence electrons. The fourth-order valence-electron chi connectivity index (χ4n) is 1.91. The minimum atomic E-state index is -0.457. The molecule has 1 atom stereocenters. The summed E-state index contributed by atoms with van der Waals surface area (Å²) in [4.78, 5) is 22.6. The average molecular weight is 250 g/mol. The molecule has 0 amide bonds. The van der Waals surface area contributed by atoms with Crippen molar-refractivity contribution < 1.29 is 14.3 Å². The van der Waals surface area contributed by atoms with Crippen molar-refractivity contribution >= 4 is 11.8 Å². The van der Waals surface area contributed by atoms with Crippen LogP contribution in [-0.2, 0) is 14.3 Å². The minimum absolute atomic E-state index is 0.328. The van der Waals surface area contributed by atoms with Crippen LogP contribution in [0.1, 0.15) is 46.5 Å². The number of allylic oxidation sites excluding steroid dienone is 3. The summed E-state index contributed by atoms with van der Waals surface area (Å²) >= 11 is 0. The fraction of sp³-hybridized carbons (Fsp3) is 0.600. The van der Waals surface area contributed by atoms with Gasteiger partial charge in [0.25, 0.3) is 0 Å². The van der Waals surface area contributed by atoms with Crippen LogP contribution in [0.2, 0.25) is 0 Å². The second kappa shape index (κ2) is 6.53. The SMILES string of the molecule is CC(C)(C)OC(=O)/C=C/C=C/C1CCCC(=O)C1. The predicted octanol–water partition coefficient (Wildman–Crippen LogP) is 3.20. The molecule has 1 aliphatic carbocycles. The molecule has 0 aromatic carbocycles. The van der Waals surface area contributed by atoms with Crippen LogP contribution in [0.4, 0.5) is 0 Å². The van der Waals surface area contributed by atoms with Gasteiger partial charge in [-0.25, -0.2) is 4.79 Å². The Labute approximate surface area is 109 Å². The third-order valence-corrected chi connectivity index (χ3v) is 2.65. The first-order chi connectivity index (χ1) is 8.37. The third-order valence-electron chi connectivity index (χ3n) is 2.65. The van der Waals surface area contributed by atoms with E-state index in [0.29, 0.717) is 18.1 Å². The smallest absolute Gasteiger partial charge is 0.331 e. The van der Waals surface area contributed by atoms with E-state index in [1.807, 2.05) is 32.9 Å². The van der Waals surface area contributed by atoms with Crippen molar-refractivity contribution in [2.45, 2.75) is 52.1 Å². The summed E-state index contributed by atoms with van der Waals surface area (Å²) in [7, 11) is 0. The molecule has 18 heavy (non-hydrogen) atoms. The van der Waals surface area contributed by atoms with Gasteiger partial charge in [-0.3, -0.25) is 4.79 Å². The summed E-state index contributed by atoms with van der Waals surface area (Å²) in [5, 5.41) is 0. The van der Waals surface area contributed by atoms with Crippen LogP contribution in [0, 0.1) is 5.92 Å². The van der Waals surface area contributed by atoms with Gasteiger partial charge in [0, 0.05) is 18.9 Å². The van der Waals surface area contributed by atoms with Crippen LogP contribution in [0.3, 0.4) is 0 Å². The van der Waals surface area contributed by atoms with E-state index in [1.165, 1.54) is 6.08 Å². The largest absolute Gasteiger partial charge is 0.457 e. The number of esters is 1. The molecule has 0 aromatic heterocycles. The lowest BCUT2D eigenvalue weighted by Gasteiger charge is -2.18. The molecular weight excluding hydrogens is 228 g/mol. The van der Waals surface area contributed by atoms with E-state index in [2.05, 4.69) is 0 Å². The molecule has 1 rings (SSSR count). The summed E-state index contributed by atoms with van der Waals surface area (Å²) < 4.78 is 5.13. The zero-order valence-corrected chi connectivity index (χ0v) is 11.4. The molecule has 0 spiro atoms. The summed E-state index contributed by atoms with van der Waals surface area (Å²) in [6.07, 6.45) is 10.3. The van der Waals surface area contributed by atoms with Crippen LogP contribution in [0.15, 0.2) is 24.3 Å². The molecule has 1 saturated carbocycles. The number of hydrogen-bond donors (Lipinski definition) is 0. The van der Waals surface area contributed by atoms with E-state index in [9.17, 15) is 9.59 Å². The van der Waals surface area contributed by atoms with Crippen molar-refractivity contribution in [1.82, 2.24) is 0 Å². The molecule has 0 saturated heterocycles. The van der Waals surface area contributed by atoms with Crippen LogP contribution in [0.25, 0.3) is 0 Å². The molecule has 0 heterocycles. The molecule has 1 unspecified atom stereocenters. The standard InChI is InChI=1S/C15H22O3/c1-15(2,3)18-14(17)10-5-4-7-12-8-6-9-13(16)11-12/h4-5,7,10,12H,6,8-9,11H2,1-3H3/b7-4+,10-5+. The van der Waals surface area contributed by atoms with Crippen molar-refractivity contribution in [2.75, 3.05) is 0 Å². The highest BCUT2D eigenvalue weighted by molar-refractivity contribution is 5.82. The molecule has 0 bridgehead atoms. The number of carbonyl (C=O) groups is 2. The van der Waals surface area contributed by atoms with Gasteiger partial charge in [-0.1, -0.05) is 18.2 Å². The van der Waals surface area contributed by atoms with E-state index in [4.69, 9.17) is 4.74 Å². The Morgan fingerprint density at radius 2 is 2.06 bits per heavy atom. The number of hydrogen-bond acceptors (Lipinski definition) is 3. The van der Waals surface area contributed by atoms with E-state index in [-0.39, 0.29) is 5.97 Å². The van der Waals surface area contributed by atoms with Crippen LogP contribution >= 0.6 is 0 Å². The summed E-state index contributed by atoms with van der Waals surface area (Å²) in [6, 6.07) is 0. The quantitative estimate of drug-likeness (QED) is 0.439. The number of Topliss-reactive ketones (excluding diaryl/α,β-unsaturated/α-hetero) is 1. The van der Waals surface area contributed by atoms with Crippen molar-refractivity contribution in [1.29, 1.82) is 0 Å². The van der Waals surface area contributed by atoms with Gasteiger partial charge in [0.05, 0.1) is 0 Å². The molecule has 0 radical (unpaired) electrons. The molecule has 1 fully saturated rings. The van der Waals surface area contributed by atoms with Gasteiger partial charge in [-0.05, 0) is 39.5 Å². The normalized spacial score (nSPS) is 21.7. The van der Waals surface area contributed by atoms with Crippen molar-refractivity contribution in [3.05, 3.63) is 24.3 Å². The first-order valence-corrected chi connectivity index (χ1v) is 6.46. The molecule has 3 nitrogen and oxygen atoms in total. The monoisotopic (exact) mass is 250 g/mol. The minimum Gasteiger partial charge on any atom is -0.457 e. The zero-order valence-electron chi connectivity index (χ0n) is 11.4. The Morgan fingerprint density at radius 3 is 2.67 bits per heavy atom. The van der Waals surface area contributed by atoms with Crippen LogP contribution < -0.4 is 0 Å². The van der Waals surface area contributed by atoms with Gasteiger partial charge < -0.3 is 4.74 Å². The molecule has 0 aliphatic heterocycles. The van der Waals surface area contributed by atoms with E-state index < -0.39 is 5.60 Å². The lowest BCUT2D eigenvalue weighted by Crippen LogP contribution is -2.22. The Balaban J connectivity index is 2.35. The Bertz CT molecular complexity index is 358. The molecular formula is C15H22O3. The second-order valence-electron chi connectivity index (χ2n) is 5.67. The second-order valence-corrected chi connectivity index (χ2v) is 5.67. The topological polar surface area (TPSA) is 43.4 Å². The number of ketones is 1. The van der Waals surface area contributed by atoms with E-state index >= 15 is 0 Å². The molecule has 0 aromatic rings. The highest BCUT2D eigenvalue weighted by atomic mass is 16.6. The van der Waals surface area contributed by atoms with Gasteiger partial charge in [0.1, 0.15) is 11.4 Å². The van der Waals surface area contributed by atoms with Crippen molar-refractivity contribution in [2.24, 2.45) is 5.92 Å². The third kappa shape index (κ3) is 6.38. The first-order valence-electron chi connectivity index (χ1n) is 6.46. The summed E-state index contributed by atoms with van der Waals surface area (Å²) in [5.41, 5.74) is -0.457. The summed E-state index contributed by atoms with van der Waals surface area (Å²) in [5.74, 6) is 0.327. The Hall–Kier alpha value is -1.38. The van der Waals surface area contributed by atoms with Gasteiger partial charge in [0.15, 0.2) is 0 Å². The number of ether oxygens (including phenoxy) is 1. The lowest BCUT2D eigenvalue weighted by atomic mass is 9.88. The molecule has 3 heteroatoms. The average Bonchev–Trinajstić information content (AvgIpc) is 2.22. The Kier molecular flexibility index (Phi) is 5.32. The maximum Gasteiger partial charge on any atom is 0.331 e. The van der Waals surface area contributed by atoms with Gasteiger partial charge in [0.2, 0.25) is 0 Å². The Morgan fingerprint density at radius 1 is 1.33 bits per heavy atom. The van der Waals surface area contributed by atoms with E-state index in [0.717, 1.165) is 19.3 Å². The number of rotatable bonds is 3. The molecule has 0 N–H and O–H groups in total. The van der Waals surface area contributed by atoms with Crippen molar-refractivity contribution in [3.8, 4) is 0 Å². The zero-order chi connectivity index (χ0) is 13.6. The maximum absolute atomic E-state index is 11.4. The van der Waals surface area contributed by atoms with Gasteiger partial charge >= 0.3 is 5.97 Å². The van der Waals surface area contributed by atoms with Gasteiger partial charge in [-0.15, -0.1) is 0 Å². The van der Waals surface area contributed by atoms with Crippen molar-refractivity contribution in [3.63, 3.8) is 0 Å². The fourth-order valence-corrected chi connectivity index (χ4v) is 1.91.